The van der Waals surface area contributed by atoms with Gasteiger partial charge in [0.15, 0.2) is 0 Å². The number of rotatable bonds is 5. The second-order valence-electron chi connectivity index (χ2n) is 4.28. The molecule has 0 aromatic rings. The fourth-order valence-electron chi connectivity index (χ4n) is 2.23. The topological polar surface area (TPSA) is 142 Å². The van der Waals surface area contributed by atoms with Gasteiger partial charge in [-0.2, -0.15) is 9.35 Å². The molecule has 1 saturated heterocycles. The molecule has 0 aliphatic carbocycles. The summed E-state index contributed by atoms with van der Waals surface area (Å²) >= 11 is 0. The van der Waals surface area contributed by atoms with E-state index in [1.165, 1.54) is 13.2 Å². The molecule has 2 bridgehead atoms. The van der Waals surface area contributed by atoms with Crippen molar-refractivity contribution in [3.63, 3.8) is 0 Å². The van der Waals surface area contributed by atoms with E-state index in [0.29, 0.717) is 10.6 Å². The molecule has 0 aromatic carbocycles. The number of hydroxylamine groups is 2. The second kappa shape index (κ2) is 6.60. The molecular formula is C9H12N3NaO7S. The first-order chi connectivity index (χ1) is 9.24. The molecule has 0 aromatic heterocycles. The van der Waals surface area contributed by atoms with Gasteiger partial charge in [0.05, 0.1) is 13.2 Å². The average molecular weight is 329 g/mol. The molecule has 2 rings (SSSR count). The number of hydrogen-bond acceptors (Lipinski definition) is 7. The summed E-state index contributed by atoms with van der Waals surface area (Å²) in [6.45, 7) is 0.0193. The van der Waals surface area contributed by atoms with E-state index in [2.05, 4.69) is 4.28 Å². The Labute approximate surface area is 143 Å². The Morgan fingerprint density at radius 2 is 2.19 bits per heavy atom. The first kappa shape index (κ1) is 18.4. The number of ether oxygens (including phenoxy) is 1. The van der Waals surface area contributed by atoms with E-state index in [1.54, 1.807) is 0 Å². The maximum atomic E-state index is 12.0. The van der Waals surface area contributed by atoms with Crippen LogP contribution in [0.5, 0.6) is 0 Å². The Balaban J connectivity index is 0.00000220. The van der Waals surface area contributed by atoms with Crippen LogP contribution in [0.2, 0.25) is 0 Å². The number of amides is 3. The minimum atomic E-state index is -5.11. The van der Waals surface area contributed by atoms with Crippen molar-refractivity contribution in [3.05, 3.63) is 11.6 Å². The van der Waals surface area contributed by atoms with Gasteiger partial charge >= 0.3 is 35.6 Å². The summed E-state index contributed by atoms with van der Waals surface area (Å²) in [7, 11) is -3.72. The molecule has 0 unspecified atom stereocenters. The monoisotopic (exact) mass is 329 g/mol. The molecule has 12 heteroatoms. The number of hydrogen-bond donors (Lipinski definition) is 1. The van der Waals surface area contributed by atoms with Crippen LogP contribution in [-0.4, -0.2) is 67.2 Å². The van der Waals surface area contributed by atoms with E-state index in [1.807, 2.05) is 0 Å². The number of carbonyl (C=O) groups is 2. The van der Waals surface area contributed by atoms with Crippen LogP contribution in [0.15, 0.2) is 11.6 Å². The van der Waals surface area contributed by atoms with Crippen LogP contribution in [0.3, 0.4) is 0 Å². The zero-order chi connectivity index (χ0) is 15.1. The van der Waals surface area contributed by atoms with Gasteiger partial charge in [0.25, 0.3) is 0 Å². The molecular weight excluding hydrogens is 317 g/mol. The molecule has 2 aliphatic heterocycles. The maximum absolute atomic E-state index is 12.0. The van der Waals surface area contributed by atoms with E-state index in [9.17, 15) is 22.6 Å². The number of fused-ring (bicyclic) bond motifs is 2. The molecule has 0 radical (unpaired) electrons. The average Bonchev–Trinajstić information content (AvgIpc) is 2.57. The molecule has 0 spiro atoms. The number of urea groups is 1. The van der Waals surface area contributed by atoms with Crippen molar-refractivity contribution in [2.75, 3.05) is 20.3 Å². The smallest absolute Gasteiger partial charge is 0.724 e. The Morgan fingerprint density at radius 1 is 1.57 bits per heavy atom. The molecule has 10 nitrogen and oxygen atoms in total. The van der Waals surface area contributed by atoms with E-state index in [0.717, 1.165) is 4.90 Å². The van der Waals surface area contributed by atoms with Gasteiger partial charge in [-0.1, -0.05) is 0 Å². The predicted octanol–water partition coefficient (Wildman–Crippen LogP) is -5.07. The van der Waals surface area contributed by atoms with Gasteiger partial charge in [-0.3, -0.25) is 4.79 Å². The van der Waals surface area contributed by atoms with Gasteiger partial charge in [0.2, 0.25) is 16.3 Å². The van der Waals surface area contributed by atoms with Crippen LogP contribution in [0, 0.1) is 0 Å². The third kappa shape index (κ3) is 3.74. The van der Waals surface area contributed by atoms with Gasteiger partial charge in [-0.15, -0.1) is 0 Å². The fraction of sp³-hybridized carbons (Fsp3) is 0.556. The third-order valence-corrected chi connectivity index (χ3v) is 3.34. The maximum Gasteiger partial charge on any atom is 1.00 e. The number of primary amides is 1. The van der Waals surface area contributed by atoms with Crippen LogP contribution >= 0.6 is 0 Å². The first-order valence-corrected chi connectivity index (χ1v) is 6.82. The van der Waals surface area contributed by atoms with Crippen molar-refractivity contribution in [1.29, 1.82) is 0 Å². The number of nitrogens with two attached hydrogens (primary N) is 1. The normalized spacial score (nSPS) is 24.7. The standard InChI is InChI=1S/C9H13N3O7S.Na/c1-18-4-5-2-6(8(10)13)11-3-7(5)12(9(11)14)19-20(15,16)17;/h2,6-7H,3-4H2,1H3,(H2,10,13)(H,15,16,17);/q;+1/p-1/t6-,7-;/m0./s1. The van der Waals surface area contributed by atoms with Gasteiger partial charge in [0.1, 0.15) is 12.1 Å². The summed E-state index contributed by atoms with van der Waals surface area (Å²) in [5, 5.41) is 0.427. The SMILES string of the molecule is COCC1=C[C@@H](C(N)=O)N2C[C@@H]1N(OS(=O)(=O)[O-])C2=O.[Na+]. The molecule has 2 aliphatic rings. The van der Waals surface area contributed by atoms with Crippen LogP contribution in [0.4, 0.5) is 4.79 Å². The molecule has 3 amide bonds. The van der Waals surface area contributed by atoms with Crippen LogP contribution in [0.25, 0.3) is 0 Å². The van der Waals surface area contributed by atoms with Crippen molar-refractivity contribution in [1.82, 2.24) is 9.96 Å². The summed E-state index contributed by atoms with van der Waals surface area (Å²) in [4.78, 5) is 24.3. The molecule has 21 heavy (non-hydrogen) atoms. The number of nitrogens with zero attached hydrogens (tertiary/aromatic N) is 2. The van der Waals surface area contributed by atoms with E-state index < -0.39 is 34.4 Å². The van der Waals surface area contributed by atoms with Gasteiger partial charge in [-0.25, -0.2) is 13.2 Å². The van der Waals surface area contributed by atoms with Crippen molar-refractivity contribution in [2.45, 2.75) is 12.1 Å². The summed E-state index contributed by atoms with van der Waals surface area (Å²) in [5.41, 5.74) is 5.62. The van der Waals surface area contributed by atoms with Crippen molar-refractivity contribution < 1.29 is 61.1 Å². The molecule has 2 N–H and O–H groups in total. The Hall–Kier alpha value is -0.690. The number of methoxy groups -OCH3 is 1. The zero-order valence-electron chi connectivity index (χ0n) is 11.4. The summed E-state index contributed by atoms with van der Waals surface area (Å²) in [6, 6.07) is -2.77. The van der Waals surface area contributed by atoms with E-state index in [4.69, 9.17) is 10.5 Å². The molecule has 2 atom stereocenters. The van der Waals surface area contributed by atoms with Crippen LogP contribution in [-0.2, 0) is 24.2 Å². The minimum absolute atomic E-state index is 0. The van der Waals surface area contributed by atoms with Crippen molar-refractivity contribution in [3.8, 4) is 0 Å². The van der Waals surface area contributed by atoms with Gasteiger partial charge < -0.3 is 19.9 Å². The first-order valence-electron chi connectivity index (χ1n) is 5.48. The second-order valence-corrected chi connectivity index (χ2v) is 5.25. The fourth-order valence-corrected chi connectivity index (χ4v) is 2.60. The van der Waals surface area contributed by atoms with Crippen LogP contribution in [0.1, 0.15) is 0 Å². The van der Waals surface area contributed by atoms with E-state index >= 15 is 0 Å². The van der Waals surface area contributed by atoms with Crippen molar-refractivity contribution in [2.24, 2.45) is 5.73 Å². The van der Waals surface area contributed by atoms with Gasteiger partial charge in [0, 0.05) is 7.11 Å². The van der Waals surface area contributed by atoms with Gasteiger partial charge in [-0.05, 0) is 11.6 Å². The third-order valence-electron chi connectivity index (χ3n) is 3.00. The zero-order valence-corrected chi connectivity index (χ0v) is 14.2. The Kier molecular flexibility index (Phi) is 5.77. The quantitative estimate of drug-likeness (QED) is 0.230. The van der Waals surface area contributed by atoms with Crippen LogP contribution < -0.4 is 35.3 Å². The molecule has 112 valence electrons. The van der Waals surface area contributed by atoms with E-state index in [-0.39, 0.29) is 42.7 Å². The summed E-state index contributed by atoms with van der Waals surface area (Å²) in [6.07, 6.45) is 1.40. The Bertz CT molecular complexity index is 578. The predicted molar refractivity (Wildman–Crippen MR) is 61.5 cm³/mol. The number of carbonyl (C=O) groups excluding carboxylic acids is 2. The summed E-state index contributed by atoms with van der Waals surface area (Å²) < 4.78 is 41.1. The van der Waals surface area contributed by atoms with Crippen molar-refractivity contribution >= 4 is 22.3 Å². The molecule has 2 heterocycles. The summed E-state index contributed by atoms with van der Waals surface area (Å²) in [5.74, 6) is -0.780. The minimum Gasteiger partial charge on any atom is -0.724 e. The Morgan fingerprint density at radius 3 is 2.67 bits per heavy atom. The molecule has 1 fully saturated rings. The largest absolute Gasteiger partial charge is 1.00 e. The molecule has 0 saturated carbocycles.